The third-order valence-electron chi connectivity index (χ3n) is 9.84. The summed E-state index contributed by atoms with van der Waals surface area (Å²) >= 11 is 0. The number of para-hydroxylation sites is 1. The molecule has 240 valence electrons. The molecule has 51 heavy (non-hydrogen) atoms. The van der Waals surface area contributed by atoms with E-state index in [-0.39, 0.29) is 0 Å². The zero-order chi connectivity index (χ0) is 34.0. The van der Waals surface area contributed by atoms with Crippen LogP contribution in [0.5, 0.6) is 0 Å². The summed E-state index contributed by atoms with van der Waals surface area (Å²) in [6.07, 6.45) is 0. The first-order valence-electron chi connectivity index (χ1n) is 17.5. The standard InChI is InChI=1S/C50H35N/c1-6-19-36(20-7-1)40-33-34-46(45(35-40)37-21-8-2-9-22-37)51(41-27-14-5-15-28-41)47-32-18-31-44-42-29-16-17-30-43(42)48(38-23-10-3-11-24-38)49(50(44)47)39-25-12-4-13-26-39/h1-35H. The van der Waals surface area contributed by atoms with Crippen LogP contribution in [0.1, 0.15) is 0 Å². The zero-order valence-electron chi connectivity index (χ0n) is 28.2. The van der Waals surface area contributed by atoms with Crippen LogP contribution in [0.15, 0.2) is 212 Å². The van der Waals surface area contributed by atoms with Crippen molar-refractivity contribution < 1.29 is 0 Å². The van der Waals surface area contributed by atoms with E-state index in [1.54, 1.807) is 0 Å². The fourth-order valence-electron chi connectivity index (χ4n) is 7.58. The molecule has 9 aromatic rings. The van der Waals surface area contributed by atoms with Crippen LogP contribution in [-0.2, 0) is 0 Å². The van der Waals surface area contributed by atoms with E-state index >= 15 is 0 Å². The minimum atomic E-state index is 1.10. The van der Waals surface area contributed by atoms with Crippen LogP contribution >= 0.6 is 0 Å². The van der Waals surface area contributed by atoms with Crippen molar-refractivity contribution in [1.82, 2.24) is 0 Å². The lowest BCUT2D eigenvalue weighted by molar-refractivity contribution is 1.30. The van der Waals surface area contributed by atoms with E-state index in [4.69, 9.17) is 0 Å². The van der Waals surface area contributed by atoms with E-state index < -0.39 is 0 Å². The van der Waals surface area contributed by atoms with Crippen LogP contribution in [0.2, 0.25) is 0 Å². The fourth-order valence-corrected chi connectivity index (χ4v) is 7.58. The summed E-state index contributed by atoms with van der Waals surface area (Å²) < 4.78 is 0. The molecular formula is C50H35N. The van der Waals surface area contributed by atoms with Crippen LogP contribution in [0.3, 0.4) is 0 Å². The van der Waals surface area contributed by atoms with Gasteiger partial charge in [0, 0.05) is 22.2 Å². The second-order valence-electron chi connectivity index (χ2n) is 12.9. The zero-order valence-corrected chi connectivity index (χ0v) is 28.2. The van der Waals surface area contributed by atoms with Crippen LogP contribution in [0.25, 0.3) is 66.1 Å². The van der Waals surface area contributed by atoms with Crippen LogP contribution in [-0.4, -0.2) is 0 Å². The van der Waals surface area contributed by atoms with E-state index in [1.807, 2.05) is 0 Å². The third kappa shape index (κ3) is 5.56. The molecule has 0 aromatic heterocycles. The summed E-state index contributed by atoms with van der Waals surface area (Å²) in [5.41, 5.74) is 12.9. The lowest BCUT2D eigenvalue weighted by Gasteiger charge is -2.31. The maximum Gasteiger partial charge on any atom is 0.0546 e. The van der Waals surface area contributed by atoms with E-state index in [1.165, 1.54) is 66.1 Å². The van der Waals surface area contributed by atoms with Gasteiger partial charge in [-0.1, -0.05) is 182 Å². The smallest absolute Gasteiger partial charge is 0.0546 e. The minimum absolute atomic E-state index is 1.10. The predicted molar refractivity (Wildman–Crippen MR) is 218 cm³/mol. The van der Waals surface area contributed by atoms with Crippen molar-refractivity contribution in [2.45, 2.75) is 0 Å². The Kier molecular flexibility index (Phi) is 7.92. The quantitative estimate of drug-likeness (QED) is 0.155. The van der Waals surface area contributed by atoms with Crippen molar-refractivity contribution in [3.05, 3.63) is 212 Å². The highest BCUT2D eigenvalue weighted by Crippen LogP contribution is 2.51. The minimum Gasteiger partial charge on any atom is -0.309 e. The van der Waals surface area contributed by atoms with Crippen molar-refractivity contribution in [1.29, 1.82) is 0 Å². The highest BCUT2D eigenvalue weighted by Gasteiger charge is 2.25. The number of fused-ring (bicyclic) bond motifs is 3. The molecule has 9 rings (SSSR count). The molecule has 1 nitrogen and oxygen atoms in total. The molecular weight excluding hydrogens is 615 g/mol. The third-order valence-corrected chi connectivity index (χ3v) is 9.84. The topological polar surface area (TPSA) is 3.24 Å². The SMILES string of the molecule is c1ccc(-c2ccc(N(c3ccccc3)c3cccc4c3c(-c3ccccc3)c(-c3ccccc3)c3ccccc34)c(-c3ccccc3)c2)cc1. The monoisotopic (exact) mass is 649 g/mol. The summed E-state index contributed by atoms with van der Waals surface area (Å²) in [6, 6.07) is 76.7. The van der Waals surface area contributed by atoms with E-state index in [9.17, 15) is 0 Å². The number of hydrogen-bond acceptors (Lipinski definition) is 1. The molecule has 0 aliphatic rings. The number of rotatable bonds is 7. The van der Waals surface area contributed by atoms with Crippen molar-refractivity contribution in [3.8, 4) is 44.5 Å². The fraction of sp³-hybridized carbons (Fsp3) is 0. The summed E-state index contributed by atoms with van der Waals surface area (Å²) in [6.45, 7) is 0. The normalized spacial score (nSPS) is 11.1. The van der Waals surface area contributed by atoms with Crippen molar-refractivity contribution >= 4 is 38.6 Å². The van der Waals surface area contributed by atoms with E-state index in [0.717, 1.165) is 17.1 Å². The molecule has 0 aliphatic carbocycles. The van der Waals surface area contributed by atoms with Crippen molar-refractivity contribution in [3.63, 3.8) is 0 Å². The van der Waals surface area contributed by atoms with Crippen molar-refractivity contribution in [2.24, 2.45) is 0 Å². The Bertz CT molecular complexity index is 2600. The maximum absolute atomic E-state index is 2.47. The van der Waals surface area contributed by atoms with Gasteiger partial charge in [-0.3, -0.25) is 0 Å². The van der Waals surface area contributed by atoms with Gasteiger partial charge < -0.3 is 4.90 Å². The van der Waals surface area contributed by atoms with Crippen molar-refractivity contribution in [2.75, 3.05) is 4.90 Å². The van der Waals surface area contributed by atoms with Gasteiger partial charge in [0.2, 0.25) is 0 Å². The first-order chi connectivity index (χ1) is 25.3. The molecule has 9 aromatic carbocycles. The highest BCUT2D eigenvalue weighted by atomic mass is 15.1. The number of hydrogen-bond donors (Lipinski definition) is 0. The Labute approximate surface area is 299 Å². The molecule has 0 aliphatic heterocycles. The molecule has 0 N–H and O–H groups in total. The number of anilines is 3. The lowest BCUT2D eigenvalue weighted by atomic mass is 9.84. The second-order valence-corrected chi connectivity index (χ2v) is 12.9. The lowest BCUT2D eigenvalue weighted by Crippen LogP contribution is -2.12. The summed E-state index contributed by atoms with van der Waals surface area (Å²) in [5.74, 6) is 0. The highest BCUT2D eigenvalue weighted by molar-refractivity contribution is 6.25. The molecule has 0 atom stereocenters. The van der Waals surface area contributed by atoms with Gasteiger partial charge in [-0.15, -0.1) is 0 Å². The first kappa shape index (κ1) is 30.4. The molecule has 0 radical (unpaired) electrons. The molecule has 0 spiro atoms. The van der Waals surface area contributed by atoms with Gasteiger partial charge >= 0.3 is 0 Å². The Morgan fingerprint density at radius 2 is 0.765 bits per heavy atom. The Morgan fingerprint density at radius 1 is 0.275 bits per heavy atom. The largest absolute Gasteiger partial charge is 0.309 e. The van der Waals surface area contributed by atoms with Gasteiger partial charge in [0.05, 0.1) is 11.4 Å². The molecule has 0 saturated heterocycles. The van der Waals surface area contributed by atoms with E-state index in [0.29, 0.717) is 0 Å². The van der Waals surface area contributed by atoms with E-state index in [2.05, 4.69) is 217 Å². The van der Waals surface area contributed by atoms with Crippen LogP contribution < -0.4 is 4.90 Å². The molecule has 0 heterocycles. The number of benzene rings is 9. The van der Waals surface area contributed by atoms with Gasteiger partial charge in [-0.2, -0.15) is 0 Å². The summed E-state index contributed by atoms with van der Waals surface area (Å²) in [7, 11) is 0. The molecule has 0 fully saturated rings. The van der Waals surface area contributed by atoms with Gasteiger partial charge in [-0.05, 0) is 79.9 Å². The summed E-state index contributed by atoms with van der Waals surface area (Å²) in [4.78, 5) is 2.47. The Morgan fingerprint density at radius 3 is 1.39 bits per heavy atom. The average Bonchev–Trinajstić information content (AvgIpc) is 3.22. The van der Waals surface area contributed by atoms with Gasteiger partial charge in [0.15, 0.2) is 0 Å². The number of nitrogens with zero attached hydrogens (tertiary/aromatic N) is 1. The second kappa shape index (κ2) is 13.3. The Hall–Kier alpha value is -6.70. The predicted octanol–water partition coefficient (Wildman–Crippen LogP) is 14.1. The van der Waals surface area contributed by atoms with Crippen LogP contribution in [0.4, 0.5) is 17.1 Å². The maximum atomic E-state index is 2.47. The molecule has 0 unspecified atom stereocenters. The molecule has 1 heteroatoms. The molecule has 0 bridgehead atoms. The van der Waals surface area contributed by atoms with Gasteiger partial charge in [0.25, 0.3) is 0 Å². The molecule has 0 saturated carbocycles. The Balaban J connectivity index is 1.43. The van der Waals surface area contributed by atoms with Gasteiger partial charge in [0.1, 0.15) is 0 Å². The first-order valence-corrected chi connectivity index (χ1v) is 17.5. The summed E-state index contributed by atoms with van der Waals surface area (Å²) in [5, 5.41) is 4.93. The molecule has 0 amide bonds. The van der Waals surface area contributed by atoms with Gasteiger partial charge in [-0.25, -0.2) is 0 Å². The average molecular weight is 650 g/mol. The van der Waals surface area contributed by atoms with Crippen LogP contribution in [0, 0.1) is 0 Å².